The number of ketones is 1. The second kappa shape index (κ2) is 6.17. The van der Waals surface area contributed by atoms with Crippen LogP contribution in [-0.4, -0.2) is 14.2 Å². The maximum Gasteiger partial charge on any atom is 0.261 e. The highest BCUT2D eigenvalue weighted by Crippen LogP contribution is 2.31. The van der Waals surface area contributed by atoms with Gasteiger partial charge in [-0.3, -0.25) is 9.52 Å². The summed E-state index contributed by atoms with van der Waals surface area (Å²) in [4.78, 5) is 11.3. The molecule has 0 heterocycles. The minimum Gasteiger partial charge on any atom is -0.295 e. The molecule has 2 aromatic carbocycles. The molecule has 7 heteroatoms. The van der Waals surface area contributed by atoms with Crippen LogP contribution in [0.1, 0.15) is 17.3 Å². The molecule has 110 valence electrons. The van der Waals surface area contributed by atoms with Gasteiger partial charge in [-0.1, -0.05) is 29.8 Å². The third-order valence-corrected chi connectivity index (χ3v) is 5.55. The summed E-state index contributed by atoms with van der Waals surface area (Å²) >= 11 is 9.16. The Hall–Kier alpha value is -1.37. The minimum atomic E-state index is -3.74. The van der Waals surface area contributed by atoms with E-state index in [1.807, 2.05) is 0 Å². The van der Waals surface area contributed by atoms with E-state index in [-0.39, 0.29) is 10.7 Å². The van der Waals surface area contributed by atoms with Crippen LogP contribution in [0.4, 0.5) is 5.69 Å². The zero-order valence-corrected chi connectivity index (χ0v) is 14.1. The molecule has 0 saturated carbocycles. The number of hydrogen-bond donors (Lipinski definition) is 1. The van der Waals surface area contributed by atoms with Crippen LogP contribution in [0.3, 0.4) is 0 Å². The summed E-state index contributed by atoms with van der Waals surface area (Å²) in [6.45, 7) is 1.42. The van der Waals surface area contributed by atoms with Gasteiger partial charge in [-0.05, 0) is 47.1 Å². The van der Waals surface area contributed by atoms with Crippen molar-refractivity contribution in [3.63, 3.8) is 0 Å². The van der Waals surface area contributed by atoms with E-state index < -0.39 is 10.0 Å². The normalized spacial score (nSPS) is 11.2. The van der Waals surface area contributed by atoms with Crippen molar-refractivity contribution in [2.24, 2.45) is 0 Å². The molecule has 0 amide bonds. The first-order chi connectivity index (χ1) is 9.81. The molecule has 0 spiro atoms. The highest BCUT2D eigenvalue weighted by molar-refractivity contribution is 9.10. The van der Waals surface area contributed by atoms with Crippen LogP contribution < -0.4 is 4.72 Å². The van der Waals surface area contributed by atoms with Crippen LogP contribution in [0.2, 0.25) is 5.02 Å². The Bertz CT molecular complexity index is 788. The molecule has 0 aliphatic rings. The van der Waals surface area contributed by atoms with Gasteiger partial charge in [0.25, 0.3) is 10.0 Å². The summed E-state index contributed by atoms with van der Waals surface area (Å²) in [7, 11) is -3.74. The van der Waals surface area contributed by atoms with Gasteiger partial charge in [-0.2, -0.15) is 0 Å². The van der Waals surface area contributed by atoms with Crippen LogP contribution in [0.15, 0.2) is 51.8 Å². The summed E-state index contributed by atoms with van der Waals surface area (Å²) < 4.78 is 27.5. The summed E-state index contributed by atoms with van der Waals surface area (Å²) in [5.74, 6) is -0.121. The fraction of sp³-hybridized carbons (Fsp3) is 0.0714. The van der Waals surface area contributed by atoms with E-state index >= 15 is 0 Å². The Morgan fingerprint density at radius 2 is 1.76 bits per heavy atom. The third-order valence-electron chi connectivity index (χ3n) is 2.77. The van der Waals surface area contributed by atoms with Crippen molar-refractivity contribution in [3.8, 4) is 0 Å². The molecule has 21 heavy (non-hydrogen) atoms. The number of halogens is 2. The fourth-order valence-corrected chi connectivity index (χ4v) is 3.40. The van der Waals surface area contributed by atoms with E-state index in [1.54, 1.807) is 18.2 Å². The molecule has 2 rings (SSSR count). The molecule has 2 aromatic rings. The lowest BCUT2D eigenvalue weighted by molar-refractivity contribution is 0.101. The molecule has 4 nitrogen and oxygen atoms in total. The quantitative estimate of drug-likeness (QED) is 0.802. The smallest absolute Gasteiger partial charge is 0.261 e. The number of sulfonamides is 1. The van der Waals surface area contributed by atoms with E-state index in [1.165, 1.54) is 31.2 Å². The molecule has 1 N–H and O–H groups in total. The lowest BCUT2D eigenvalue weighted by Gasteiger charge is -2.10. The summed E-state index contributed by atoms with van der Waals surface area (Å²) in [6.07, 6.45) is 0. The van der Waals surface area contributed by atoms with Crippen molar-refractivity contribution < 1.29 is 13.2 Å². The Balaban J connectivity index is 2.34. The average molecular weight is 389 g/mol. The van der Waals surface area contributed by atoms with Crippen molar-refractivity contribution >= 4 is 49.0 Å². The maximum atomic E-state index is 12.3. The largest absolute Gasteiger partial charge is 0.295 e. The van der Waals surface area contributed by atoms with Gasteiger partial charge in [-0.15, -0.1) is 0 Å². The molecule has 0 aromatic heterocycles. The number of Topliss-reactive ketones (excluding diaryl/α,β-unsaturated/α-hetero) is 1. The minimum absolute atomic E-state index is 0.0689. The Morgan fingerprint density at radius 1 is 1.14 bits per heavy atom. The Labute approximate surface area is 136 Å². The van der Waals surface area contributed by atoms with Crippen LogP contribution in [-0.2, 0) is 10.0 Å². The zero-order valence-electron chi connectivity index (χ0n) is 10.9. The summed E-state index contributed by atoms with van der Waals surface area (Å²) in [5.41, 5.74) is 0.802. The molecule has 0 unspecified atom stereocenters. The van der Waals surface area contributed by atoms with Crippen molar-refractivity contribution in [3.05, 3.63) is 57.5 Å². The van der Waals surface area contributed by atoms with Gasteiger partial charge in [-0.25, -0.2) is 8.42 Å². The predicted molar refractivity (Wildman–Crippen MR) is 86.4 cm³/mol. The molecule has 0 aliphatic heterocycles. The number of rotatable bonds is 4. The summed E-state index contributed by atoms with van der Waals surface area (Å²) in [6, 6.07) is 10.6. The molecule has 0 radical (unpaired) electrons. The van der Waals surface area contributed by atoms with Gasteiger partial charge in [0.15, 0.2) is 5.78 Å². The first-order valence-electron chi connectivity index (χ1n) is 5.89. The molecule has 0 saturated heterocycles. The van der Waals surface area contributed by atoms with Gasteiger partial charge >= 0.3 is 0 Å². The van der Waals surface area contributed by atoms with Gasteiger partial charge in [0.1, 0.15) is 0 Å². The van der Waals surface area contributed by atoms with Crippen molar-refractivity contribution in [2.75, 3.05) is 4.72 Å². The van der Waals surface area contributed by atoms with Crippen molar-refractivity contribution in [1.82, 2.24) is 0 Å². The van der Waals surface area contributed by atoms with E-state index in [2.05, 4.69) is 20.7 Å². The maximum absolute atomic E-state index is 12.3. The average Bonchev–Trinajstić information content (AvgIpc) is 2.44. The predicted octanol–water partition coefficient (Wildman–Crippen LogP) is 4.11. The number of carbonyl (C=O) groups is 1. The first-order valence-corrected chi connectivity index (χ1v) is 8.54. The molecular formula is C14H11BrClNO3S. The second-order valence-corrected chi connectivity index (χ2v) is 7.17. The van der Waals surface area contributed by atoms with Gasteiger partial charge in [0.05, 0.1) is 20.1 Å². The Kier molecular flexibility index (Phi) is 4.70. The second-order valence-electron chi connectivity index (χ2n) is 4.29. The fourth-order valence-electron chi connectivity index (χ4n) is 1.66. The van der Waals surface area contributed by atoms with E-state index in [9.17, 15) is 13.2 Å². The SMILES string of the molecule is CC(=O)c1ccc(S(=O)(=O)Nc2cccc(Cl)c2Br)cc1. The lowest BCUT2D eigenvalue weighted by Crippen LogP contribution is -2.13. The molecule has 0 aliphatic carbocycles. The molecule has 0 fully saturated rings. The van der Waals surface area contributed by atoms with Crippen molar-refractivity contribution in [1.29, 1.82) is 0 Å². The zero-order chi connectivity index (χ0) is 15.6. The van der Waals surface area contributed by atoms with Crippen LogP contribution >= 0.6 is 27.5 Å². The monoisotopic (exact) mass is 387 g/mol. The lowest BCUT2D eigenvalue weighted by atomic mass is 10.2. The molecule has 0 atom stereocenters. The third kappa shape index (κ3) is 3.64. The summed E-state index contributed by atoms with van der Waals surface area (Å²) in [5, 5.41) is 0.405. The Morgan fingerprint density at radius 3 is 2.33 bits per heavy atom. The number of anilines is 1. The van der Waals surface area contributed by atoms with Crippen molar-refractivity contribution in [2.45, 2.75) is 11.8 Å². The van der Waals surface area contributed by atoms with E-state index in [0.717, 1.165) is 0 Å². The first kappa shape index (κ1) is 16.0. The van der Waals surface area contributed by atoms with Gasteiger partial charge in [0, 0.05) is 5.56 Å². The van der Waals surface area contributed by atoms with Gasteiger partial charge in [0.2, 0.25) is 0 Å². The van der Waals surface area contributed by atoms with E-state index in [4.69, 9.17) is 11.6 Å². The number of carbonyl (C=O) groups excluding carboxylic acids is 1. The number of nitrogens with one attached hydrogen (secondary N) is 1. The number of benzene rings is 2. The van der Waals surface area contributed by atoms with E-state index in [0.29, 0.717) is 20.7 Å². The van der Waals surface area contributed by atoms with Crippen LogP contribution in [0.5, 0.6) is 0 Å². The van der Waals surface area contributed by atoms with Crippen LogP contribution in [0.25, 0.3) is 0 Å². The number of hydrogen-bond acceptors (Lipinski definition) is 3. The van der Waals surface area contributed by atoms with Gasteiger partial charge < -0.3 is 0 Å². The standard InChI is InChI=1S/C14H11BrClNO3S/c1-9(18)10-5-7-11(8-6-10)21(19,20)17-13-4-2-3-12(16)14(13)15/h2-8,17H,1H3. The highest BCUT2D eigenvalue weighted by atomic mass is 79.9. The topological polar surface area (TPSA) is 63.2 Å². The van der Waals surface area contributed by atoms with Crippen LogP contribution in [0, 0.1) is 0 Å². The molecular weight excluding hydrogens is 378 g/mol. The molecule has 0 bridgehead atoms. The highest BCUT2D eigenvalue weighted by Gasteiger charge is 2.16.